The van der Waals surface area contributed by atoms with E-state index in [0.29, 0.717) is 24.9 Å². The van der Waals surface area contributed by atoms with Crippen molar-refractivity contribution in [3.8, 4) is 17.2 Å². The van der Waals surface area contributed by atoms with Crippen molar-refractivity contribution in [3.63, 3.8) is 0 Å². The van der Waals surface area contributed by atoms with E-state index >= 15 is 0 Å². The fourth-order valence-corrected chi connectivity index (χ4v) is 4.48. The predicted octanol–water partition coefficient (Wildman–Crippen LogP) is 4.00. The van der Waals surface area contributed by atoms with Crippen LogP contribution in [0.3, 0.4) is 0 Å². The Labute approximate surface area is 198 Å². The molecule has 2 aromatic heterocycles. The maximum Gasteiger partial charge on any atom is 0.249 e. The highest BCUT2D eigenvalue weighted by Gasteiger charge is 2.19. The van der Waals surface area contributed by atoms with E-state index in [-0.39, 0.29) is 12.5 Å². The number of aromatic nitrogens is 3. The first-order valence-electron chi connectivity index (χ1n) is 11.7. The number of amides is 1. The van der Waals surface area contributed by atoms with Gasteiger partial charge in [-0.15, -0.1) is 10.2 Å². The number of benzene rings is 2. The zero-order valence-corrected chi connectivity index (χ0v) is 19.4. The van der Waals surface area contributed by atoms with Crippen molar-refractivity contribution in [3.05, 3.63) is 66.2 Å². The minimum absolute atomic E-state index is 0.0774. The molecule has 2 aromatic carbocycles. The number of rotatable bonds is 8. The van der Waals surface area contributed by atoms with Gasteiger partial charge in [0.2, 0.25) is 17.7 Å². The van der Waals surface area contributed by atoms with Crippen LogP contribution in [0.25, 0.3) is 22.4 Å². The number of nitrogens with one attached hydrogen (secondary N) is 1. The normalized spacial score (nSPS) is 14.4. The molecule has 0 bridgehead atoms. The van der Waals surface area contributed by atoms with Crippen LogP contribution in [0.15, 0.2) is 59.1 Å². The Morgan fingerprint density at radius 3 is 2.79 bits per heavy atom. The molecular weight excluding hydrogens is 430 g/mol. The van der Waals surface area contributed by atoms with Crippen LogP contribution in [0.4, 0.5) is 0 Å². The van der Waals surface area contributed by atoms with Crippen LogP contribution in [-0.2, 0) is 24.4 Å². The number of ether oxygens (including phenoxy) is 1. The van der Waals surface area contributed by atoms with Crippen LogP contribution in [0.2, 0.25) is 0 Å². The SMILES string of the molecule is COc1cccc(CNC(=O)Cn2cc(-c3nnc(CN4CCCCC4)o3)c3ccccc32)c1. The van der Waals surface area contributed by atoms with Gasteiger partial charge in [0.1, 0.15) is 12.3 Å². The summed E-state index contributed by atoms with van der Waals surface area (Å²) in [6.07, 6.45) is 5.65. The molecule has 8 heteroatoms. The van der Waals surface area contributed by atoms with Gasteiger partial charge in [-0.25, -0.2) is 0 Å². The topological polar surface area (TPSA) is 85.4 Å². The molecule has 0 aliphatic carbocycles. The summed E-state index contributed by atoms with van der Waals surface area (Å²) in [6.45, 7) is 3.45. The van der Waals surface area contributed by atoms with E-state index in [1.807, 2.05) is 59.3 Å². The highest BCUT2D eigenvalue weighted by molar-refractivity contribution is 5.94. The highest BCUT2D eigenvalue weighted by atomic mass is 16.5. The van der Waals surface area contributed by atoms with Gasteiger partial charge in [-0.05, 0) is 49.7 Å². The molecule has 1 N–H and O–H groups in total. The lowest BCUT2D eigenvalue weighted by Gasteiger charge is -2.24. The Balaban J connectivity index is 1.31. The number of piperidine rings is 1. The molecule has 1 aliphatic rings. The van der Waals surface area contributed by atoms with E-state index in [4.69, 9.17) is 9.15 Å². The van der Waals surface area contributed by atoms with Crippen molar-refractivity contribution in [1.29, 1.82) is 0 Å². The van der Waals surface area contributed by atoms with Gasteiger partial charge in [0.15, 0.2) is 0 Å². The number of hydrogen-bond donors (Lipinski definition) is 1. The Kier molecular flexibility index (Phi) is 6.58. The Morgan fingerprint density at radius 1 is 1.09 bits per heavy atom. The average Bonchev–Trinajstić information content (AvgIpc) is 3.48. The fraction of sp³-hybridized carbons (Fsp3) is 0.346. The summed E-state index contributed by atoms with van der Waals surface area (Å²) in [4.78, 5) is 15.1. The summed E-state index contributed by atoms with van der Waals surface area (Å²) in [5, 5.41) is 12.6. The minimum atomic E-state index is -0.0774. The Hall–Kier alpha value is -3.65. The van der Waals surface area contributed by atoms with Gasteiger partial charge in [0, 0.05) is 23.6 Å². The van der Waals surface area contributed by atoms with Crippen LogP contribution in [0.5, 0.6) is 5.75 Å². The van der Waals surface area contributed by atoms with Crippen molar-refractivity contribution in [2.24, 2.45) is 0 Å². The zero-order valence-electron chi connectivity index (χ0n) is 19.4. The maximum atomic E-state index is 12.7. The quantitative estimate of drug-likeness (QED) is 0.429. The molecule has 3 heterocycles. The standard InChI is InChI=1S/C26H29N5O3/c1-33-20-9-7-8-19(14-20)15-27-24(32)17-31-16-22(21-10-3-4-11-23(21)31)26-29-28-25(34-26)18-30-12-5-2-6-13-30/h3-4,7-11,14,16H,2,5-6,12-13,15,17-18H2,1H3,(H,27,32). The summed E-state index contributed by atoms with van der Waals surface area (Å²) >= 11 is 0. The van der Waals surface area contributed by atoms with E-state index in [9.17, 15) is 4.79 Å². The number of methoxy groups -OCH3 is 1. The summed E-state index contributed by atoms with van der Waals surface area (Å²) in [5.74, 6) is 1.81. The van der Waals surface area contributed by atoms with E-state index < -0.39 is 0 Å². The second kappa shape index (κ2) is 10.1. The number of carbonyl (C=O) groups excluding carboxylic acids is 1. The summed E-state index contributed by atoms with van der Waals surface area (Å²) in [7, 11) is 1.63. The van der Waals surface area contributed by atoms with Gasteiger partial charge in [-0.2, -0.15) is 0 Å². The highest BCUT2D eigenvalue weighted by Crippen LogP contribution is 2.30. The average molecular weight is 460 g/mol. The predicted molar refractivity (Wildman–Crippen MR) is 129 cm³/mol. The van der Waals surface area contributed by atoms with Crippen molar-refractivity contribution in [2.75, 3.05) is 20.2 Å². The lowest BCUT2D eigenvalue weighted by atomic mass is 10.1. The number of fused-ring (bicyclic) bond motifs is 1. The number of carbonyl (C=O) groups is 1. The van der Waals surface area contributed by atoms with Gasteiger partial charge >= 0.3 is 0 Å². The smallest absolute Gasteiger partial charge is 0.249 e. The molecule has 0 atom stereocenters. The molecule has 5 rings (SSSR count). The summed E-state index contributed by atoms with van der Waals surface area (Å²) in [6, 6.07) is 15.6. The van der Waals surface area contributed by atoms with Crippen LogP contribution in [-0.4, -0.2) is 45.8 Å². The maximum absolute atomic E-state index is 12.7. The van der Waals surface area contributed by atoms with E-state index in [1.165, 1.54) is 19.3 Å². The molecule has 34 heavy (non-hydrogen) atoms. The zero-order chi connectivity index (χ0) is 23.3. The van der Waals surface area contributed by atoms with Crippen LogP contribution >= 0.6 is 0 Å². The Bertz CT molecular complexity index is 1270. The first-order valence-corrected chi connectivity index (χ1v) is 11.7. The van der Waals surface area contributed by atoms with E-state index in [0.717, 1.165) is 40.9 Å². The van der Waals surface area contributed by atoms with E-state index in [2.05, 4.69) is 20.4 Å². The molecule has 1 amide bonds. The van der Waals surface area contributed by atoms with Gasteiger partial charge in [0.25, 0.3) is 0 Å². The van der Waals surface area contributed by atoms with Crippen molar-refractivity contribution < 1.29 is 13.9 Å². The van der Waals surface area contributed by atoms with Gasteiger partial charge in [-0.1, -0.05) is 36.8 Å². The van der Waals surface area contributed by atoms with Crippen LogP contribution in [0, 0.1) is 0 Å². The molecule has 0 saturated carbocycles. The lowest BCUT2D eigenvalue weighted by molar-refractivity contribution is -0.121. The van der Waals surface area contributed by atoms with Crippen LogP contribution < -0.4 is 10.1 Å². The number of hydrogen-bond acceptors (Lipinski definition) is 6. The molecule has 0 spiro atoms. The fourth-order valence-electron chi connectivity index (χ4n) is 4.48. The van der Waals surface area contributed by atoms with Crippen molar-refractivity contribution in [2.45, 2.75) is 38.9 Å². The molecule has 1 fully saturated rings. The second-order valence-corrected chi connectivity index (χ2v) is 8.65. The summed E-state index contributed by atoms with van der Waals surface area (Å²) in [5.41, 5.74) is 2.77. The molecule has 0 radical (unpaired) electrons. The number of nitrogens with zero attached hydrogens (tertiary/aromatic N) is 4. The second-order valence-electron chi connectivity index (χ2n) is 8.65. The molecule has 1 aliphatic heterocycles. The molecule has 8 nitrogen and oxygen atoms in total. The molecule has 176 valence electrons. The monoisotopic (exact) mass is 459 g/mol. The molecule has 1 saturated heterocycles. The third-order valence-electron chi connectivity index (χ3n) is 6.23. The summed E-state index contributed by atoms with van der Waals surface area (Å²) < 4.78 is 13.2. The molecule has 4 aromatic rings. The third-order valence-corrected chi connectivity index (χ3v) is 6.23. The van der Waals surface area contributed by atoms with Gasteiger partial charge in [-0.3, -0.25) is 9.69 Å². The Morgan fingerprint density at radius 2 is 1.94 bits per heavy atom. The van der Waals surface area contributed by atoms with E-state index in [1.54, 1.807) is 7.11 Å². The van der Waals surface area contributed by atoms with Gasteiger partial charge < -0.3 is 19.0 Å². The number of para-hydroxylation sites is 1. The first kappa shape index (κ1) is 22.2. The van der Waals surface area contributed by atoms with Crippen molar-refractivity contribution >= 4 is 16.8 Å². The van der Waals surface area contributed by atoms with Crippen LogP contribution in [0.1, 0.15) is 30.7 Å². The molecule has 0 unspecified atom stereocenters. The lowest BCUT2D eigenvalue weighted by Crippen LogP contribution is -2.29. The third kappa shape index (κ3) is 4.97. The first-order chi connectivity index (χ1) is 16.7. The number of likely N-dealkylation sites (tertiary alicyclic amines) is 1. The molecular formula is C26H29N5O3. The van der Waals surface area contributed by atoms with Crippen molar-refractivity contribution in [1.82, 2.24) is 25.0 Å². The minimum Gasteiger partial charge on any atom is -0.497 e. The largest absolute Gasteiger partial charge is 0.497 e. The van der Waals surface area contributed by atoms with Gasteiger partial charge in [0.05, 0.1) is 19.2 Å².